The van der Waals surface area contributed by atoms with Crippen LogP contribution in [0.2, 0.25) is 0 Å². The van der Waals surface area contributed by atoms with E-state index in [-0.39, 0.29) is 10.7 Å². The van der Waals surface area contributed by atoms with E-state index in [9.17, 15) is 4.79 Å². The average molecular weight is 216 g/mol. The lowest BCUT2D eigenvalue weighted by Crippen LogP contribution is -2.46. The molecule has 0 aliphatic carbocycles. The highest BCUT2D eigenvalue weighted by molar-refractivity contribution is 8.00. The number of hydrogen-bond acceptors (Lipinski definition) is 3. The first-order chi connectivity index (χ1) is 6.55. The largest absolute Gasteiger partial charge is 0.341 e. The van der Waals surface area contributed by atoms with Crippen molar-refractivity contribution in [2.45, 2.75) is 31.4 Å². The zero-order valence-electron chi connectivity index (χ0n) is 9.08. The Hall–Kier alpha value is -0.220. The molecule has 0 bridgehead atoms. The predicted molar refractivity (Wildman–Crippen MR) is 61.4 cm³/mol. The van der Waals surface area contributed by atoms with Crippen LogP contribution in [-0.4, -0.2) is 40.9 Å². The molecule has 1 amide bonds. The van der Waals surface area contributed by atoms with Crippen LogP contribution in [0.1, 0.15) is 26.7 Å². The van der Waals surface area contributed by atoms with Gasteiger partial charge in [-0.25, -0.2) is 0 Å². The summed E-state index contributed by atoms with van der Waals surface area (Å²) in [4.78, 5) is 13.7. The third kappa shape index (κ3) is 3.50. The summed E-state index contributed by atoms with van der Waals surface area (Å²) in [6, 6.07) is 0. The summed E-state index contributed by atoms with van der Waals surface area (Å²) in [5, 5.41) is 0. The number of carbonyl (C=O) groups is 1. The monoisotopic (exact) mass is 216 g/mol. The standard InChI is InChI=1S/C10H20N2OS/c1-10(2)8-12(6-7-14-10)9(13)4-3-5-11/h3-8,11H2,1-2H3. The van der Waals surface area contributed by atoms with Crippen molar-refractivity contribution in [3.63, 3.8) is 0 Å². The quantitative estimate of drug-likeness (QED) is 0.768. The molecule has 0 atom stereocenters. The summed E-state index contributed by atoms with van der Waals surface area (Å²) < 4.78 is 0.219. The molecule has 3 nitrogen and oxygen atoms in total. The number of nitrogens with zero attached hydrogens (tertiary/aromatic N) is 1. The fourth-order valence-corrected chi connectivity index (χ4v) is 2.75. The molecule has 1 saturated heterocycles. The molecule has 1 aliphatic heterocycles. The van der Waals surface area contributed by atoms with Crippen LogP contribution < -0.4 is 5.73 Å². The maximum Gasteiger partial charge on any atom is 0.222 e. The Morgan fingerprint density at radius 1 is 1.57 bits per heavy atom. The fourth-order valence-electron chi connectivity index (χ4n) is 1.64. The molecule has 1 rings (SSSR count). The summed E-state index contributed by atoms with van der Waals surface area (Å²) in [6.45, 7) is 6.77. The molecule has 0 saturated carbocycles. The van der Waals surface area contributed by atoms with Crippen molar-refractivity contribution in [1.29, 1.82) is 0 Å². The number of hydrogen-bond donors (Lipinski definition) is 1. The Balaban J connectivity index is 2.40. The van der Waals surface area contributed by atoms with Crippen molar-refractivity contribution < 1.29 is 4.79 Å². The molecule has 0 aromatic heterocycles. The molecule has 1 aliphatic rings. The van der Waals surface area contributed by atoms with Gasteiger partial charge in [-0.3, -0.25) is 4.79 Å². The van der Waals surface area contributed by atoms with Crippen LogP contribution >= 0.6 is 11.8 Å². The van der Waals surface area contributed by atoms with Crippen molar-refractivity contribution >= 4 is 17.7 Å². The van der Waals surface area contributed by atoms with Crippen molar-refractivity contribution in [3.05, 3.63) is 0 Å². The van der Waals surface area contributed by atoms with Gasteiger partial charge < -0.3 is 10.6 Å². The summed E-state index contributed by atoms with van der Waals surface area (Å²) in [5.74, 6) is 1.32. The van der Waals surface area contributed by atoms with Gasteiger partial charge in [0.1, 0.15) is 0 Å². The van der Waals surface area contributed by atoms with E-state index in [0.29, 0.717) is 13.0 Å². The molecule has 82 valence electrons. The number of rotatable bonds is 3. The van der Waals surface area contributed by atoms with Crippen molar-refractivity contribution in [2.75, 3.05) is 25.4 Å². The molecule has 0 spiro atoms. The molecular weight excluding hydrogens is 196 g/mol. The van der Waals surface area contributed by atoms with Gasteiger partial charge in [-0.15, -0.1) is 0 Å². The van der Waals surface area contributed by atoms with Crippen LogP contribution in [-0.2, 0) is 4.79 Å². The molecule has 0 radical (unpaired) electrons. The number of nitrogens with two attached hydrogens (primary N) is 1. The van der Waals surface area contributed by atoms with E-state index in [4.69, 9.17) is 5.73 Å². The van der Waals surface area contributed by atoms with Gasteiger partial charge in [0, 0.05) is 30.0 Å². The van der Waals surface area contributed by atoms with Gasteiger partial charge in [0.25, 0.3) is 0 Å². The highest BCUT2D eigenvalue weighted by Crippen LogP contribution is 2.29. The van der Waals surface area contributed by atoms with E-state index in [1.54, 1.807) is 0 Å². The average Bonchev–Trinajstić information content (AvgIpc) is 2.12. The van der Waals surface area contributed by atoms with Gasteiger partial charge in [-0.05, 0) is 26.8 Å². The Kier molecular flexibility index (Phi) is 4.26. The zero-order valence-corrected chi connectivity index (χ0v) is 9.90. The molecular formula is C10H20N2OS. The Morgan fingerprint density at radius 3 is 2.86 bits per heavy atom. The maximum atomic E-state index is 11.7. The summed E-state index contributed by atoms with van der Waals surface area (Å²) in [7, 11) is 0. The van der Waals surface area contributed by atoms with E-state index >= 15 is 0 Å². The molecule has 4 heteroatoms. The molecule has 0 unspecified atom stereocenters. The minimum absolute atomic E-state index is 0.219. The highest BCUT2D eigenvalue weighted by atomic mass is 32.2. The molecule has 2 N–H and O–H groups in total. The van der Waals surface area contributed by atoms with Gasteiger partial charge in [-0.2, -0.15) is 11.8 Å². The van der Waals surface area contributed by atoms with Crippen LogP contribution in [0.4, 0.5) is 0 Å². The number of thioether (sulfide) groups is 1. The number of carbonyl (C=O) groups excluding carboxylic acids is 1. The minimum Gasteiger partial charge on any atom is -0.341 e. The smallest absolute Gasteiger partial charge is 0.222 e. The lowest BCUT2D eigenvalue weighted by atomic mass is 10.1. The first-order valence-corrected chi connectivity index (χ1v) is 6.15. The van der Waals surface area contributed by atoms with Gasteiger partial charge in [0.15, 0.2) is 0 Å². The van der Waals surface area contributed by atoms with Gasteiger partial charge in [-0.1, -0.05) is 0 Å². The van der Waals surface area contributed by atoms with Gasteiger partial charge in [0.2, 0.25) is 5.91 Å². The Labute approximate surface area is 90.4 Å². The number of amides is 1. The molecule has 1 heterocycles. The van der Waals surface area contributed by atoms with Crippen LogP contribution in [0, 0.1) is 0 Å². The topological polar surface area (TPSA) is 46.3 Å². The first kappa shape index (κ1) is 11.9. The van der Waals surface area contributed by atoms with E-state index in [2.05, 4.69) is 13.8 Å². The van der Waals surface area contributed by atoms with Crippen LogP contribution in [0.5, 0.6) is 0 Å². The Morgan fingerprint density at radius 2 is 2.29 bits per heavy atom. The summed E-state index contributed by atoms with van der Waals surface area (Å²) >= 11 is 1.95. The van der Waals surface area contributed by atoms with Crippen LogP contribution in [0.15, 0.2) is 0 Å². The minimum atomic E-state index is 0.219. The second-order valence-electron chi connectivity index (χ2n) is 4.32. The van der Waals surface area contributed by atoms with Crippen molar-refractivity contribution in [1.82, 2.24) is 4.90 Å². The lowest BCUT2D eigenvalue weighted by molar-refractivity contribution is -0.131. The molecule has 14 heavy (non-hydrogen) atoms. The normalized spacial score (nSPS) is 20.9. The van der Waals surface area contributed by atoms with Crippen molar-refractivity contribution in [2.24, 2.45) is 5.73 Å². The highest BCUT2D eigenvalue weighted by Gasteiger charge is 2.29. The zero-order chi connectivity index (χ0) is 10.6. The third-order valence-corrected chi connectivity index (χ3v) is 3.67. The summed E-state index contributed by atoms with van der Waals surface area (Å²) in [6.07, 6.45) is 1.42. The van der Waals surface area contributed by atoms with E-state index in [1.165, 1.54) is 0 Å². The fraction of sp³-hybridized carbons (Fsp3) is 0.900. The van der Waals surface area contributed by atoms with Gasteiger partial charge >= 0.3 is 0 Å². The molecule has 0 aromatic carbocycles. The van der Waals surface area contributed by atoms with E-state index in [1.807, 2.05) is 16.7 Å². The van der Waals surface area contributed by atoms with Crippen LogP contribution in [0.3, 0.4) is 0 Å². The second-order valence-corrected chi connectivity index (χ2v) is 6.12. The molecule has 1 fully saturated rings. The maximum absolute atomic E-state index is 11.7. The predicted octanol–water partition coefficient (Wildman–Crippen LogP) is 1.08. The molecule has 0 aromatic rings. The Bertz CT molecular complexity index is 206. The third-order valence-electron chi connectivity index (χ3n) is 2.37. The van der Waals surface area contributed by atoms with Crippen molar-refractivity contribution in [3.8, 4) is 0 Å². The van der Waals surface area contributed by atoms with Gasteiger partial charge in [0.05, 0.1) is 0 Å². The van der Waals surface area contributed by atoms with E-state index in [0.717, 1.165) is 25.3 Å². The SMILES string of the molecule is CC1(C)CN(C(=O)CCCN)CCS1. The van der Waals surface area contributed by atoms with Crippen LogP contribution in [0.25, 0.3) is 0 Å². The van der Waals surface area contributed by atoms with E-state index < -0.39 is 0 Å². The lowest BCUT2D eigenvalue weighted by Gasteiger charge is -2.37. The summed E-state index contributed by atoms with van der Waals surface area (Å²) in [5.41, 5.74) is 5.38. The second kappa shape index (κ2) is 5.03. The first-order valence-electron chi connectivity index (χ1n) is 5.17.